The third kappa shape index (κ3) is 6.12. The highest BCUT2D eigenvalue weighted by Crippen LogP contribution is 2.41. The molecule has 1 aromatic carbocycles. The lowest BCUT2D eigenvalue weighted by molar-refractivity contribution is -0.138. The second-order valence-corrected chi connectivity index (χ2v) is 7.89. The van der Waals surface area contributed by atoms with Crippen molar-refractivity contribution in [3.05, 3.63) is 70.3 Å². The molecule has 0 N–H and O–H groups in total. The fourth-order valence-electron chi connectivity index (χ4n) is 4.04. The van der Waals surface area contributed by atoms with Crippen molar-refractivity contribution < 1.29 is 13.2 Å². The second-order valence-electron chi connectivity index (χ2n) is 7.89. The van der Waals surface area contributed by atoms with Gasteiger partial charge in [0.2, 0.25) is 0 Å². The largest absolute Gasteiger partial charge is 0.416 e. The van der Waals surface area contributed by atoms with E-state index >= 15 is 0 Å². The van der Waals surface area contributed by atoms with Crippen LogP contribution in [0.5, 0.6) is 0 Å². The normalized spacial score (nSPS) is 16.7. The Balaban J connectivity index is 2.25. The minimum atomic E-state index is -4.29. The Hall–Kier alpha value is -1.77. The van der Waals surface area contributed by atoms with Crippen molar-refractivity contribution in [3.8, 4) is 0 Å². The summed E-state index contributed by atoms with van der Waals surface area (Å²) < 4.78 is 41.1. The minimum Gasteiger partial charge on any atom is -0.166 e. The van der Waals surface area contributed by atoms with Crippen molar-refractivity contribution in [2.75, 3.05) is 0 Å². The topological polar surface area (TPSA) is 0 Å². The molecule has 3 heteroatoms. The van der Waals surface area contributed by atoms with E-state index < -0.39 is 11.7 Å². The Kier molecular flexibility index (Phi) is 7.52. The van der Waals surface area contributed by atoms with E-state index in [1.165, 1.54) is 11.6 Å². The van der Waals surface area contributed by atoms with E-state index in [9.17, 15) is 13.2 Å². The number of benzene rings is 1. The van der Waals surface area contributed by atoms with E-state index in [0.29, 0.717) is 18.4 Å². The molecule has 1 saturated carbocycles. The SMILES string of the molecule is C=C/C(CCc1ccc(C2CCCCC2)c(C(F)(F)F)c1)=C(/C)C=C(C)C. The van der Waals surface area contributed by atoms with Crippen molar-refractivity contribution in [2.24, 2.45) is 0 Å². The van der Waals surface area contributed by atoms with Gasteiger partial charge in [-0.2, -0.15) is 13.2 Å². The number of allylic oxidation sites excluding steroid dienone is 5. The van der Waals surface area contributed by atoms with E-state index in [4.69, 9.17) is 0 Å². The van der Waals surface area contributed by atoms with Gasteiger partial charge in [0.05, 0.1) is 5.56 Å². The maximum absolute atomic E-state index is 13.7. The molecule has 0 nitrogen and oxygen atoms in total. The van der Waals surface area contributed by atoms with Crippen LogP contribution in [0.1, 0.15) is 81.9 Å². The van der Waals surface area contributed by atoms with Crippen LogP contribution in [0, 0.1) is 0 Å². The summed E-state index contributed by atoms with van der Waals surface area (Å²) in [6.07, 6.45) is 5.82. The summed E-state index contributed by atoms with van der Waals surface area (Å²) in [7, 11) is 0. The zero-order chi connectivity index (χ0) is 20.0. The molecule has 1 aromatic rings. The predicted octanol–water partition coefficient (Wildman–Crippen LogP) is 8.15. The van der Waals surface area contributed by atoms with Gasteiger partial charge in [0.15, 0.2) is 0 Å². The van der Waals surface area contributed by atoms with Gasteiger partial charge in [-0.1, -0.05) is 55.7 Å². The summed E-state index contributed by atoms with van der Waals surface area (Å²) in [4.78, 5) is 0. The number of rotatable bonds is 6. The molecule has 0 unspecified atom stereocenters. The Labute approximate surface area is 161 Å². The maximum atomic E-state index is 13.7. The summed E-state index contributed by atoms with van der Waals surface area (Å²) in [5.41, 5.74) is 4.21. The van der Waals surface area contributed by atoms with Crippen LogP contribution in [0.2, 0.25) is 0 Å². The second kappa shape index (κ2) is 9.43. The molecule has 0 radical (unpaired) electrons. The van der Waals surface area contributed by atoms with Crippen LogP contribution in [0.15, 0.2) is 53.6 Å². The highest BCUT2D eigenvalue weighted by molar-refractivity contribution is 5.38. The van der Waals surface area contributed by atoms with Crippen molar-refractivity contribution >= 4 is 0 Å². The third-order valence-electron chi connectivity index (χ3n) is 5.41. The highest BCUT2D eigenvalue weighted by atomic mass is 19.4. The smallest absolute Gasteiger partial charge is 0.166 e. The fourth-order valence-corrected chi connectivity index (χ4v) is 4.04. The Morgan fingerprint density at radius 3 is 2.33 bits per heavy atom. The summed E-state index contributed by atoms with van der Waals surface area (Å²) in [5, 5.41) is 0. The maximum Gasteiger partial charge on any atom is 0.416 e. The molecule has 1 fully saturated rings. The van der Waals surface area contributed by atoms with E-state index in [2.05, 4.69) is 12.7 Å². The molecule has 0 aliphatic heterocycles. The third-order valence-corrected chi connectivity index (χ3v) is 5.41. The monoisotopic (exact) mass is 376 g/mol. The molecular weight excluding hydrogens is 345 g/mol. The summed E-state index contributed by atoms with van der Waals surface area (Å²) >= 11 is 0. The van der Waals surface area contributed by atoms with Crippen LogP contribution in [0.3, 0.4) is 0 Å². The van der Waals surface area contributed by atoms with Gasteiger partial charge in [0.1, 0.15) is 0 Å². The van der Waals surface area contributed by atoms with Gasteiger partial charge in [-0.3, -0.25) is 0 Å². The van der Waals surface area contributed by atoms with Crippen molar-refractivity contribution in [1.82, 2.24) is 0 Å². The summed E-state index contributed by atoms with van der Waals surface area (Å²) in [5.74, 6) is 0.0490. The van der Waals surface area contributed by atoms with Gasteiger partial charge in [0.25, 0.3) is 0 Å². The first kappa shape index (κ1) is 21.5. The molecule has 0 bridgehead atoms. The van der Waals surface area contributed by atoms with Crippen molar-refractivity contribution in [3.63, 3.8) is 0 Å². The van der Waals surface area contributed by atoms with Crippen molar-refractivity contribution in [2.45, 2.75) is 77.8 Å². The minimum absolute atomic E-state index is 0.0490. The predicted molar refractivity (Wildman–Crippen MR) is 108 cm³/mol. The first-order valence-electron chi connectivity index (χ1n) is 9.89. The first-order valence-corrected chi connectivity index (χ1v) is 9.89. The van der Waals surface area contributed by atoms with Crippen LogP contribution in [-0.2, 0) is 12.6 Å². The lowest BCUT2D eigenvalue weighted by atomic mass is 9.81. The van der Waals surface area contributed by atoms with Crippen molar-refractivity contribution in [1.29, 1.82) is 0 Å². The summed E-state index contributed by atoms with van der Waals surface area (Å²) in [6, 6.07) is 4.99. The number of aryl methyl sites for hydroxylation is 1. The van der Waals surface area contributed by atoms with Crippen LogP contribution >= 0.6 is 0 Å². The highest BCUT2D eigenvalue weighted by Gasteiger charge is 2.35. The van der Waals surface area contributed by atoms with Gasteiger partial charge in [0, 0.05) is 0 Å². The molecular formula is C24H31F3. The standard InChI is InChI=1S/C24H31F3/c1-5-20(18(4)15-17(2)3)13-11-19-12-14-22(21-9-7-6-8-10-21)23(16-19)24(25,26)27/h5,12,14-16,21H,1,6-11,13H2,2-4H3/b20-18+. The lowest BCUT2D eigenvalue weighted by Crippen LogP contribution is -2.14. The first-order chi connectivity index (χ1) is 12.7. The molecule has 1 aliphatic carbocycles. The molecule has 0 atom stereocenters. The van der Waals surface area contributed by atoms with E-state index in [1.807, 2.05) is 32.9 Å². The van der Waals surface area contributed by atoms with Crippen LogP contribution < -0.4 is 0 Å². The fraction of sp³-hybridized carbons (Fsp3) is 0.500. The number of hydrogen-bond donors (Lipinski definition) is 0. The Bertz CT molecular complexity index is 710. The quantitative estimate of drug-likeness (QED) is 0.439. The number of hydrogen-bond acceptors (Lipinski definition) is 0. The van der Waals surface area contributed by atoms with Crippen LogP contribution in [0.4, 0.5) is 13.2 Å². The van der Waals surface area contributed by atoms with Gasteiger partial charge in [-0.25, -0.2) is 0 Å². The zero-order valence-corrected chi connectivity index (χ0v) is 16.8. The lowest BCUT2D eigenvalue weighted by Gasteiger charge is -2.25. The zero-order valence-electron chi connectivity index (χ0n) is 16.8. The van der Waals surface area contributed by atoms with Gasteiger partial charge >= 0.3 is 6.18 Å². The number of alkyl halides is 3. The molecule has 0 spiro atoms. The molecule has 2 rings (SSSR count). The van der Waals surface area contributed by atoms with Gasteiger partial charge < -0.3 is 0 Å². The molecule has 148 valence electrons. The molecule has 0 aromatic heterocycles. The molecule has 0 saturated heterocycles. The average Bonchev–Trinajstić information content (AvgIpc) is 2.61. The molecule has 1 aliphatic rings. The van der Waals surface area contributed by atoms with E-state index in [1.54, 1.807) is 6.07 Å². The van der Waals surface area contributed by atoms with E-state index in [-0.39, 0.29) is 5.92 Å². The van der Waals surface area contributed by atoms with Gasteiger partial charge in [-0.05, 0) is 80.7 Å². The molecule has 0 heterocycles. The number of halogens is 3. The van der Waals surface area contributed by atoms with E-state index in [0.717, 1.165) is 48.8 Å². The molecule has 27 heavy (non-hydrogen) atoms. The van der Waals surface area contributed by atoms with Gasteiger partial charge in [-0.15, -0.1) is 0 Å². The van der Waals surface area contributed by atoms with Crippen LogP contribution in [-0.4, -0.2) is 0 Å². The Morgan fingerprint density at radius 1 is 1.11 bits per heavy atom. The summed E-state index contributed by atoms with van der Waals surface area (Å²) in [6.45, 7) is 9.95. The Morgan fingerprint density at radius 2 is 1.78 bits per heavy atom. The average molecular weight is 377 g/mol. The molecule has 0 amide bonds. The van der Waals surface area contributed by atoms with Crippen LogP contribution in [0.25, 0.3) is 0 Å².